The van der Waals surface area contributed by atoms with Crippen molar-refractivity contribution in [3.63, 3.8) is 0 Å². The van der Waals surface area contributed by atoms with Crippen LogP contribution < -0.4 is 25.4 Å². The van der Waals surface area contributed by atoms with Crippen molar-refractivity contribution in [2.45, 2.75) is 83.3 Å². The molecule has 5 aliphatic rings. The van der Waals surface area contributed by atoms with Crippen LogP contribution in [0.1, 0.15) is 85.5 Å². The van der Waals surface area contributed by atoms with E-state index >= 15 is 0 Å². The Labute approximate surface area is 370 Å². The maximum Gasteiger partial charge on any atom is 0.278 e. The van der Waals surface area contributed by atoms with Crippen LogP contribution in [0, 0.1) is 0 Å². The van der Waals surface area contributed by atoms with E-state index in [1.54, 1.807) is 21.0 Å². The minimum Gasteiger partial charge on any atom is -0.371 e. The van der Waals surface area contributed by atoms with Gasteiger partial charge in [-0.2, -0.15) is 0 Å². The highest BCUT2D eigenvalue weighted by Crippen LogP contribution is 2.38. The lowest BCUT2D eigenvalue weighted by atomic mass is 9.99. The average molecular weight is 854 g/mol. The SMILES string of the molecule is C=CCN1C(=O)C(=C/N=C)/C(=N\CNc2ccc(N3CCN(C4CCN(c5cccc6c5CN(C(CCC)C(=O)NC=O)C6=O)CC4)CC3)cc2)N1c1ccc2c(n1)C(CC)CC2. The third-order valence-corrected chi connectivity index (χ3v) is 13.3. The summed E-state index contributed by atoms with van der Waals surface area (Å²) < 4.78 is 0. The number of hydrazine groups is 1. The summed E-state index contributed by atoms with van der Waals surface area (Å²) in [7, 11) is 0. The molecule has 1 aromatic heterocycles. The molecule has 2 atom stereocenters. The van der Waals surface area contributed by atoms with Crippen molar-refractivity contribution in [3.8, 4) is 0 Å². The minimum atomic E-state index is -0.676. The summed E-state index contributed by atoms with van der Waals surface area (Å²) in [6, 6.07) is 18.2. The number of anilines is 4. The Kier molecular flexibility index (Phi) is 13.3. The number of nitrogens with one attached hydrogen (secondary N) is 2. The van der Waals surface area contributed by atoms with Gasteiger partial charge in [-0.25, -0.2) is 20.0 Å². The van der Waals surface area contributed by atoms with Crippen LogP contribution in [-0.2, 0) is 27.3 Å². The Hall–Kier alpha value is -6.35. The number of carbonyl (C=O) groups is 4. The van der Waals surface area contributed by atoms with Gasteiger partial charge < -0.3 is 20.0 Å². The van der Waals surface area contributed by atoms with Crippen LogP contribution in [0.3, 0.4) is 0 Å². The van der Waals surface area contributed by atoms with E-state index < -0.39 is 11.9 Å². The zero-order chi connectivity index (χ0) is 44.0. The lowest BCUT2D eigenvalue weighted by Crippen LogP contribution is -2.53. The van der Waals surface area contributed by atoms with Crippen LogP contribution in [-0.4, -0.2) is 121 Å². The molecule has 2 N–H and O–H groups in total. The smallest absolute Gasteiger partial charge is 0.278 e. The van der Waals surface area contributed by atoms with Crippen molar-refractivity contribution in [1.29, 1.82) is 0 Å². The lowest BCUT2D eigenvalue weighted by Gasteiger charge is -2.44. The number of hydrogen-bond donors (Lipinski definition) is 2. The molecule has 4 amide bonds. The number of fused-ring (bicyclic) bond motifs is 2. The number of nitrogens with zero attached hydrogens (tertiary/aromatic N) is 9. The van der Waals surface area contributed by atoms with Crippen molar-refractivity contribution in [2.24, 2.45) is 9.98 Å². The van der Waals surface area contributed by atoms with Crippen LogP contribution in [0.4, 0.5) is 22.9 Å². The highest BCUT2D eigenvalue weighted by atomic mass is 16.2. The van der Waals surface area contributed by atoms with Gasteiger partial charge >= 0.3 is 0 Å². The summed E-state index contributed by atoms with van der Waals surface area (Å²) in [6.45, 7) is 18.2. The first-order valence-electron chi connectivity index (χ1n) is 22.5. The second-order valence-electron chi connectivity index (χ2n) is 16.8. The number of hydrogen-bond acceptors (Lipinski definition) is 11. The third-order valence-electron chi connectivity index (χ3n) is 13.3. The predicted molar refractivity (Wildman–Crippen MR) is 248 cm³/mol. The maximum atomic E-state index is 13.7. The summed E-state index contributed by atoms with van der Waals surface area (Å²) in [5.41, 5.74) is 7.51. The zero-order valence-electron chi connectivity index (χ0n) is 36.5. The van der Waals surface area contributed by atoms with Gasteiger partial charge in [-0.1, -0.05) is 38.5 Å². The van der Waals surface area contributed by atoms with Gasteiger partial charge in [-0.05, 0) is 93.3 Å². The summed E-state index contributed by atoms with van der Waals surface area (Å²) in [5, 5.41) is 9.08. The van der Waals surface area contributed by atoms with Crippen molar-refractivity contribution in [2.75, 3.05) is 72.6 Å². The molecule has 0 radical (unpaired) electrons. The quantitative estimate of drug-likeness (QED) is 0.0818. The summed E-state index contributed by atoms with van der Waals surface area (Å²) in [6.07, 6.45) is 9.97. The molecule has 3 aromatic rings. The molecule has 0 spiro atoms. The number of amidine groups is 1. The van der Waals surface area contributed by atoms with Crippen molar-refractivity contribution in [3.05, 3.63) is 101 Å². The molecule has 2 aromatic carbocycles. The lowest BCUT2D eigenvalue weighted by molar-refractivity contribution is -0.129. The van der Waals surface area contributed by atoms with Crippen LogP contribution in [0.5, 0.6) is 0 Å². The topological polar surface area (TPSA) is 149 Å². The Morgan fingerprint density at radius 3 is 2.43 bits per heavy atom. The maximum absolute atomic E-state index is 13.7. The van der Waals surface area contributed by atoms with E-state index in [1.807, 2.05) is 25.1 Å². The predicted octanol–water partition coefficient (Wildman–Crippen LogP) is 5.51. The van der Waals surface area contributed by atoms with Crippen molar-refractivity contribution < 1.29 is 19.2 Å². The Morgan fingerprint density at radius 1 is 0.952 bits per heavy atom. The molecular weight excluding hydrogens is 795 g/mol. The highest BCUT2D eigenvalue weighted by Gasteiger charge is 2.42. The minimum absolute atomic E-state index is 0.150. The molecular formula is C48H59N11O4. The van der Waals surface area contributed by atoms with E-state index in [-0.39, 0.29) is 18.5 Å². The van der Waals surface area contributed by atoms with Crippen LogP contribution >= 0.6 is 0 Å². The highest BCUT2D eigenvalue weighted by molar-refractivity contribution is 6.31. The number of aryl methyl sites for hydroxylation is 1. The van der Waals surface area contributed by atoms with Gasteiger partial charge in [0.15, 0.2) is 11.7 Å². The Morgan fingerprint density at radius 2 is 1.73 bits per heavy atom. The van der Waals surface area contributed by atoms with Gasteiger partial charge in [0.2, 0.25) is 12.3 Å². The second kappa shape index (κ2) is 19.4. The summed E-state index contributed by atoms with van der Waals surface area (Å²) in [5.74, 6) is 0.706. The monoisotopic (exact) mass is 853 g/mol. The van der Waals surface area contributed by atoms with E-state index in [0.717, 1.165) is 100 Å². The molecule has 3 fully saturated rings. The number of piperazine rings is 1. The van der Waals surface area contributed by atoms with E-state index in [9.17, 15) is 19.2 Å². The van der Waals surface area contributed by atoms with Gasteiger partial charge in [0.05, 0.1) is 6.54 Å². The fraction of sp³-hybridized carbons (Fsp3) is 0.438. The molecule has 8 rings (SSSR count). The van der Waals surface area contributed by atoms with Gasteiger partial charge in [-0.15, -0.1) is 6.58 Å². The van der Waals surface area contributed by atoms with Crippen LogP contribution in [0.15, 0.2) is 89.0 Å². The van der Waals surface area contributed by atoms with Crippen molar-refractivity contribution in [1.82, 2.24) is 25.1 Å². The first kappa shape index (κ1) is 43.3. The molecule has 63 heavy (non-hydrogen) atoms. The summed E-state index contributed by atoms with van der Waals surface area (Å²) in [4.78, 5) is 74.0. The molecule has 330 valence electrons. The normalized spacial score (nSPS) is 21.0. The average Bonchev–Trinajstić information content (AvgIpc) is 3.96. The van der Waals surface area contributed by atoms with Gasteiger partial charge in [0, 0.05) is 97.9 Å². The van der Waals surface area contributed by atoms with E-state index in [0.29, 0.717) is 60.7 Å². The largest absolute Gasteiger partial charge is 0.371 e. The first-order valence-corrected chi connectivity index (χ1v) is 22.5. The fourth-order valence-electron chi connectivity index (χ4n) is 10.0. The molecule has 3 saturated heterocycles. The molecule has 2 unspecified atom stereocenters. The summed E-state index contributed by atoms with van der Waals surface area (Å²) >= 11 is 0. The van der Waals surface area contributed by atoms with Crippen LogP contribution in [0.25, 0.3) is 0 Å². The molecule has 4 aliphatic heterocycles. The van der Waals surface area contributed by atoms with Gasteiger partial charge in [-0.3, -0.25) is 34.4 Å². The van der Waals surface area contributed by atoms with E-state index in [2.05, 4.69) is 86.9 Å². The van der Waals surface area contributed by atoms with E-state index in [1.165, 1.54) is 17.5 Å². The molecule has 1 aliphatic carbocycles. The number of aliphatic imine (C=N–C) groups is 2. The molecule has 0 saturated carbocycles. The first-order chi connectivity index (χ1) is 30.8. The second-order valence-corrected chi connectivity index (χ2v) is 16.8. The zero-order valence-corrected chi connectivity index (χ0v) is 36.5. The number of pyridine rings is 1. The Balaban J connectivity index is 0.856. The number of amides is 4. The molecule has 5 heterocycles. The standard InChI is InChI=1S/C48H59N11O4/c1-5-9-42(46(61)52-32-60)57-30-40-38(47(57)62)10-8-11-41(40)56-23-20-37(21-24-56)55-27-25-54(26-28-55)36-17-15-35(16-18-36)50-31-51-45-39(29-49-4)48(63)58(22-6-2)59(45)43-19-14-34-13-12-33(7-3)44(34)53-43/h6,8,10-11,14-19,29,32-33,37,42,50H,2,4-5,7,9,12-13,20-28,30-31H2,1,3H3,(H,52,60,61)/b39-29+,51-45+. The Bertz CT molecular complexity index is 2280. The van der Waals surface area contributed by atoms with Crippen LogP contribution in [0.2, 0.25) is 0 Å². The van der Waals surface area contributed by atoms with Gasteiger partial charge in [0.1, 0.15) is 18.3 Å². The number of imide groups is 1. The number of benzene rings is 2. The number of carbonyl (C=O) groups excluding carboxylic acids is 4. The van der Waals surface area contributed by atoms with Crippen molar-refractivity contribution >= 4 is 59.6 Å². The molecule has 15 nitrogen and oxygen atoms in total. The third kappa shape index (κ3) is 8.70. The van der Waals surface area contributed by atoms with Gasteiger partial charge in [0.25, 0.3) is 11.8 Å². The number of aromatic nitrogens is 1. The molecule has 15 heteroatoms. The fourth-order valence-corrected chi connectivity index (χ4v) is 10.0. The number of rotatable bonds is 16. The number of piperidine rings is 1. The molecule has 0 bridgehead atoms. The van der Waals surface area contributed by atoms with E-state index in [4.69, 9.17) is 9.98 Å².